The Hall–Kier alpha value is -3.36. The SMILES string of the molecule is COCc1c(C(=O)NCc2ccc(C)cc2)cnn1-c1nccc(-c2cc(C)sc2C)n1. The summed E-state index contributed by atoms with van der Waals surface area (Å²) in [6, 6.07) is 12.1. The lowest BCUT2D eigenvalue weighted by Gasteiger charge is -2.09. The van der Waals surface area contributed by atoms with Gasteiger partial charge in [-0.3, -0.25) is 4.79 Å². The van der Waals surface area contributed by atoms with Crippen molar-refractivity contribution in [1.29, 1.82) is 0 Å². The summed E-state index contributed by atoms with van der Waals surface area (Å²) in [6.07, 6.45) is 3.24. The Kier molecular flexibility index (Phi) is 6.43. The normalized spacial score (nSPS) is 11.0. The van der Waals surface area contributed by atoms with E-state index in [1.807, 2.05) is 37.3 Å². The highest BCUT2D eigenvalue weighted by molar-refractivity contribution is 7.12. The van der Waals surface area contributed by atoms with Crippen LogP contribution in [0.2, 0.25) is 0 Å². The second kappa shape index (κ2) is 9.42. The van der Waals surface area contributed by atoms with E-state index in [4.69, 9.17) is 9.72 Å². The van der Waals surface area contributed by atoms with Crippen molar-refractivity contribution in [3.05, 3.63) is 80.9 Å². The van der Waals surface area contributed by atoms with Crippen molar-refractivity contribution in [2.45, 2.75) is 33.9 Å². The van der Waals surface area contributed by atoms with Crippen LogP contribution in [0.15, 0.2) is 48.8 Å². The van der Waals surface area contributed by atoms with E-state index in [0.717, 1.165) is 16.8 Å². The Morgan fingerprint density at radius 1 is 1.16 bits per heavy atom. The molecule has 32 heavy (non-hydrogen) atoms. The zero-order valence-corrected chi connectivity index (χ0v) is 19.4. The molecule has 0 aliphatic heterocycles. The van der Waals surface area contributed by atoms with Gasteiger partial charge in [-0.2, -0.15) is 9.78 Å². The summed E-state index contributed by atoms with van der Waals surface area (Å²) in [7, 11) is 1.58. The number of benzene rings is 1. The summed E-state index contributed by atoms with van der Waals surface area (Å²) >= 11 is 1.73. The van der Waals surface area contributed by atoms with Gasteiger partial charge in [-0.25, -0.2) is 9.97 Å². The quantitative estimate of drug-likeness (QED) is 0.454. The van der Waals surface area contributed by atoms with Gasteiger partial charge in [0.25, 0.3) is 11.9 Å². The molecule has 0 spiro atoms. The number of carbonyl (C=O) groups excluding carboxylic acids is 1. The largest absolute Gasteiger partial charge is 0.378 e. The summed E-state index contributed by atoms with van der Waals surface area (Å²) in [6.45, 7) is 6.83. The Labute approximate surface area is 191 Å². The van der Waals surface area contributed by atoms with Gasteiger partial charge in [0.15, 0.2) is 0 Å². The Balaban J connectivity index is 1.62. The van der Waals surface area contributed by atoms with Crippen LogP contribution in [0.3, 0.4) is 0 Å². The van der Waals surface area contributed by atoms with Crippen molar-refractivity contribution < 1.29 is 9.53 Å². The van der Waals surface area contributed by atoms with Crippen LogP contribution in [0.1, 0.15) is 36.9 Å². The lowest BCUT2D eigenvalue weighted by Crippen LogP contribution is -2.24. The monoisotopic (exact) mass is 447 g/mol. The molecule has 0 fully saturated rings. The molecule has 0 saturated carbocycles. The third kappa shape index (κ3) is 4.61. The summed E-state index contributed by atoms with van der Waals surface area (Å²) in [5.74, 6) is 0.180. The number of thiophene rings is 1. The number of ether oxygens (including phenoxy) is 1. The molecule has 7 nitrogen and oxygen atoms in total. The minimum absolute atomic E-state index is 0.206. The predicted molar refractivity (Wildman–Crippen MR) is 125 cm³/mol. The van der Waals surface area contributed by atoms with Gasteiger partial charge in [0, 0.05) is 35.2 Å². The molecule has 0 bridgehead atoms. The lowest BCUT2D eigenvalue weighted by atomic mass is 10.1. The summed E-state index contributed by atoms with van der Waals surface area (Å²) in [5, 5.41) is 7.37. The number of methoxy groups -OCH3 is 1. The van der Waals surface area contributed by atoms with E-state index in [-0.39, 0.29) is 12.5 Å². The molecule has 1 aromatic carbocycles. The van der Waals surface area contributed by atoms with Crippen LogP contribution in [0.4, 0.5) is 0 Å². The Bertz CT molecular complexity index is 1240. The van der Waals surface area contributed by atoms with E-state index in [0.29, 0.717) is 23.8 Å². The van der Waals surface area contributed by atoms with E-state index in [2.05, 4.69) is 35.3 Å². The Morgan fingerprint density at radius 3 is 2.62 bits per heavy atom. The number of hydrogen-bond donors (Lipinski definition) is 1. The molecule has 3 aromatic heterocycles. The third-order valence-electron chi connectivity index (χ3n) is 5.12. The van der Waals surface area contributed by atoms with Gasteiger partial charge in [0.05, 0.1) is 29.8 Å². The first-order valence-corrected chi connectivity index (χ1v) is 11.1. The molecule has 0 atom stereocenters. The van der Waals surface area contributed by atoms with Gasteiger partial charge in [-0.15, -0.1) is 11.3 Å². The summed E-state index contributed by atoms with van der Waals surface area (Å²) in [4.78, 5) is 24.4. The highest BCUT2D eigenvalue weighted by atomic mass is 32.1. The molecule has 3 heterocycles. The molecule has 1 N–H and O–H groups in total. The smallest absolute Gasteiger partial charge is 0.255 e. The van der Waals surface area contributed by atoms with Crippen molar-refractivity contribution in [3.8, 4) is 17.2 Å². The van der Waals surface area contributed by atoms with Crippen LogP contribution in [0, 0.1) is 20.8 Å². The van der Waals surface area contributed by atoms with Crippen LogP contribution in [-0.4, -0.2) is 32.8 Å². The van der Waals surface area contributed by atoms with Crippen LogP contribution in [0.5, 0.6) is 0 Å². The van der Waals surface area contributed by atoms with Crippen molar-refractivity contribution in [2.75, 3.05) is 7.11 Å². The standard InChI is InChI=1S/C24H25N5O2S/c1-15-5-7-18(8-6-15)12-26-23(30)20-13-27-29(22(20)14-31-4)24-25-10-9-21(28-24)19-11-16(2)32-17(19)3/h5-11,13H,12,14H2,1-4H3,(H,26,30). The highest BCUT2D eigenvalue weighted by Crippen LogP contribution is 2.29. The van der Waals surface area contributed by atoms with Gasteiger partial charge in [-0.05, 0) is 38.5 Å². The number of hydrogen-bond acceptors (Lipinski definition) is 6. The number of rotatable bonds is 7. The fraction of sp³-hybridized carbons (Fsp3) is 0.250. The lowest BCUT2D eigenvalue weighted by molar-refractivity contribution is 0.0945. The van der Waals surface area contributed by atoms with Crippen molar-refractivity contribution >= 4 is 17.2 Å². The predicted octanol–water partition coefficient (Wildman–Crippen LogP) is 4.39. The number of aromatic nitrogens is 4. The summed E-state index contributed by atoms with van der Waals surface area (Å²) < 4.78 is 6.93. The minimum atomic E-state index is -0.218. The zero-order valence-electron chi connectivity index (χ0n) is 18.5. The van der Waals surface area contributed by atoms with Crippen LogP contribution in [0.25, 0.3) is 17.2 Å². The first-order chi connectivity index (χ1) is 15.5. The van der Waals surface area contributed by atoms with Crippen LogP contribution < -0.4 is 5.32 Å². The van der Waals surface area contributed by atoms with Gasteiger partial charge >= 0.3 is 0 Å². The fourth-order valence-electron chi connectivity index (χ4n) is 3.48. The number of amides is 1. The molecule has 8 heteroatoms. The van der Waals surface area contributed by atoms with E-state index in [1.54, 1.807) is 29.3 Å². The maximum atomic E-state index is 12.9. The van der Waals surface area contributed by atoms with Gasteiger partial charge in [-0.1, -0.05) is 29.8 Å². The van der Waals surface area contributed by atoms with Crippen LogP contribution >= 0.6 is 11.3 Å². The first kappa shape index (κ1) is 21.9. The molecular formula is C24H25N5O2S. The maximum absolute atomic E-state index is 12.9. The average Bonchev–Trinajstić information content (AvgIpc) is 3.36. The average molecular weight is 448 g/mol. The third-order valence-corrected chi connectivity index (χ3v) is 6.08. The van der Waals surface area contributed by atoms with Crippen molar-refractivity contribution in [2.24, 2.45) is 0 Å². The molecular weight excluding hydrogens is 422 g/mol. The number of nitrogens with one attached hydrogen (secondary N) is 1. The fourth-order valence-corrected chi connectivity index (χ4v) is 4.41. The van der Waals surface area contributed by atoms with Gasteiger partial charge in [0.2, 0.25) is 0 Å². The number of nitrogens with zero attached hydrogens (tertiary/aromatic N) is 4. The second-order valence-corrected chi connectivity index (χ2v) is 9.05. The molecule has 0 unspecified atom stereocenters. The topological polar surface area (TPSA) is 81.9 Å². The molecule has 1 amide bonds. The van der Waals surface area contributed by atoms with Gasteiger partial charge < -0.3 is 10.1 Å². The minimum Gasteiger partial charge on any atom is -0.378 e. The summed E-state index contributed by atoms with van der Waals surface area (Å²) in [5.41, 5.74) is 5.15. The highest BCUT2D eigenvalue weighted by Gasteiger charge is 2.20. The van der Waals surface area contributed by atoms with Crippen molar-refractivity contribution in [3.63, 3.8) is 0 Å². The molecule has 0 radical (unpaired) electrons. The Morgan fingerprint density at radius 2 is 1.94 bits per heavy atom. The van der Waals surface area contributed by atoms with E-state index >= 15 is 0 Å². The van der Waals surface area contributed by atoms with Crippen molar-refractivity contribution in [1.82, 2.24) is 25.1 Å². The molecule has 0 saturated heterocycles. The zero-order chi connectivity index (χ0) is 22.7. The van der Waals surface area contributed by atoms with Crippen LogP contribution in [-0.2, 0) is 17.9 Å². The number of carbonyl (C=O) groups is 1. The number of aryl methyl sites for hydroxylation is 3. The van der Waals surface area contributed by atoms with E-state index < -0.39 is 0 Å². The maximum Gasteiger partial charge on any atom is 0.255 e. The van der Waals surface area contributed by atoms with E-state index in [9.17, 15) is 4.79 Å². The molecule has 0 aliphatic carbocycles. The second-order valence-electron chi connectivity index (χ2n) is 7.59. The van der Waals surface area contributed by atoms with E-state index in [1.165, 1.54) is 21.5 Å². The molecule has 4 rings (SSSR count). The molecule has 0 aliphatic rings. The first-order valence-electron chi connectivity index (χ1n) is 10.3. The molecule has 4 aromatic rings. The molecule has 164 valence electrons. The van der Waals surface area contributed by atoms with Gasteiger partial charge in [0.1, 0.15) is 0 Å².